The lowest BCUT2D eigenvalue weighted by Gasteiger charge is -2.12. The minimum atomic E-state index is -0.211. The van der Waals surface area contributed by atoms with E-state index in [4.69, 9.17) is 33.3 Å². The molecule has 156 valence electrons. The summed E-state index contributed by atoms with van der Waals surface area (Å²) in [5.74, 6) is 0.917. The number of rotatable bonds is 5. The minimum absolute atomic E-state index is 0.119. The maximum absolute atomic E-state index is 12.6. The van der Waals surface area contributed by atoms with Gasteiger partial charge in [0.05, 0.1) is 29.1 Å². The molecule has 0 spiro atoms. The van der Waals surface area contributed by atoms with E-state index in [1.807, 2.05) is 12.1 Å². The second kappa shape index (κ2) is 8.89. The molecule has 9 heteroatoms. The zero-order valence-electron chi connectivity index (χ0n) is 16.1. The fourth-order valence-corrected chi connectivity index (χ4v) is 3.86. The van der Waals surface area contributed by atoms with Crippen LogP contribution in [0.5, 0.6) is 11.5 Å². The molecule has 1 amide bonds. The van der Waals surface area contributed by atoms with Gasteiger partial charge in [-0.25, -0.2) is 0 Å². The molecule has 1 aliphatic heterocycles. The first-order valence-electron chi connectivity index (χ1n) is 9.59. The Morgan fingerprint density at radius 2 is 2.03 bits per heavy atom. The third kappa shape index (κ3) is 4.34. The number of carbonyl (C=O) groups is 1. The van der Waals surface area contributed by atoms with Crippen molar-refractivity contribution in [3.8, 4) is 11.5 Å². The largest absolute Gasteiger partial charge is 0.489 e. The second-order valence-corrected chi connectivity index (χ2v) is 7.71. The van der Waals surface area contributed by atoms with Gasteiger partial charge in [-0.2, -0.15) is 0 Å². The van der Waals surface area contributed by atoms with E-state index in [-0.39, 0.29) is 31.0 Å². The molecule has 0 saturated carbocycles. The van der Waals surface area contributed by atoms with Crippen LogP contribution in [0.25, 0.3) is 10.9 Å². The van der Waals surface area contributed by atoms with Crippen LogP contribution in [-0.4, -0.2) is 28.7 Å². The molecule has 0 saturated heterocycles. The van der Waals surface area contributed by atoms with Crippen molar-refractivity contribution in [2.75, 3.05) is 13.2 Å². The van der Waals surface area contributed by atoms with Gasteiger partial charge in [-0.1, -0.05) is 23.7 Å². The zero-order chi connectivity index (χ0) is 21.1. The molecule has 0 aliphatic carbocycles. The van der Waals surface area contributed by atoms with Gasteiger partial charge in [0.1, 0.15) is 0 Å². The summed E-state index contributed by atoms with van der Waals surface area (Å²) < 4.78 is 13.0. The first-order chi connectivity index (χ1) is 14.5. The van der Waals surface area contributed by atoms with Crippen molar-refractivity contribution >= 4 is 40.6 Å². The van der Waals surface area contributed by atoms with Gasteiger partial charge >= 0.3 is 0 Å². The van der Waals surface area contributed by atoms with E-state index in [1.54, 1.807) is 24.3 Å². The van der Waals surface area contributed by atoms with E-state index in [0.29, 0.717) is 45.4 Å². The van der Waals surface area contributed by atoms with Crippen LogP contribution in [0, 0.1) is 4.77 Å². The number of para-hydroxylation sites is 1. The number of hydrogen-bond acceptors (Lipinski definition) is 5. The van der Waals surface area contributed by atoms with Crippen LogP contribution in [-0.2, 0) is 17.9 Å². The Kier molecular flexibility index (Phi) is 6.06. The van der Waals surface area contributed by atoms with Gasteiger partial charge in [-0.05, 0) is 42.0 Å². The number of aromatic nitrogens is 2. The number of ether oxygens (including phenoxy) is 2. The van der Waals surface area contributed by atoms with Gasteiger partial charge < -0.3 is 19.8 Å². The van der Waals surface area contributed by atoms with E-state index in [0.717, 1.165) is 12.0 Å². The van der Waals surface area contributed by atoms with Crippen LogP contribution in [0.15, 0.2) is 41.2 Å². The van der Waals surface area contributed by atoms with Gasteiger partial charge in [-0.15, -0.1) is 0 Å². The van der Waals surface area contributed by atoms with Gasteiger partial charge in [0, 0.05) is 25.9 Å². The third-order valence-electron chi connectivity index (χ3n) is 4.80. The molecule has 2 aromatic carbocycles. The average Bonchev–Trinajstić information content (AvgIpc) is 2.98. The summed E-state index contributed by atoms with van der Waals surface area (Å²) in [6.07, 6.45) is 0.904. The first kappa shape index (κ1) is 20.4. The number of hydrogen-bond donors (Lipinski definition) is 2. The van der Waals surface area contributed by atoms with Crippen LogP contribution in [0.1, 0.15) is 18.4 Å². The Balaban J connectivity index is 1.41. The van der Waals surface area contributed by atoms with Crippen molar-refractivity contribution in [1.29, 1.82) is 0 Å². The predicted molar refractivity (Wildman–Crippen MR) is 117 cm³/mol. The number of fused-ring (bicyclic) bond motifs is 2. The molecule has 0 atom stereocenters. The van der Waals surface area contributed by atoms with Crippen molar-refractivity contribution < 1.29 is 14.3 Å². The fraction of sp³-hybridized carbons (Fsp3) is 0.286. The van der Waals surface area contributed by atoms with E-state index >= 15 is 0 Å². The SMILES string of the molecule is O=C(CCn1c(=S)[nH]c2ccccc2c1=O)NCc1cc(Cl)c2c(c1)OCCCO2. The molecule has 2 N–H and O–H groups in total. The topological polar surface area (TPSA) is 85.4 Å². The zero-order valence-corrected chi connectivity index (χ0v) is 17.6. The fourth-order valence-electron chi connectivity index (χ4n) is 3.29. The van der Waals surface area contributed by atoms with Gasteiger partial charge in [-0.3, -0.25) is 14.2 Å². The number of nitrogens with one attached hydrogen (secondary N) is 2. The summed E-state index contributed by atoms with van der Waals surface area (Å²) in [4.78, 5) is 28.0. The number of nitrogens with zero attached hydrogens (tertiary/aromatic N) is 1. The van der Waals surface area contributed by atoms with Gasteiger partial charge in [0.2, 0.25) is 5.91 Å². The second-order valence-electron chi connectivity index (χ2n) is 6.91. The Morgan fingerprint density at radius 1 is 1.23 bits per heavy atom. The summed E-state index contributed by atoms with van der Waals surface area (Å²) in [6, 6.07) is 10.7. The number of amides is 1. The quantitative estimate of drug-likeness (QED) is 0.586. The Morgan fingerprint density at radius 3 is 2.90 bits per heavy atom. The summed E-state index contributed by atoms with van der Waals surface area (Å²) in [7, 11) is 0. The van der Waals surface area contributed by atoms with Crippen molar-refractivity contribution in [2.45, 2.75) is 25.9 Å². The number of halogens is 1. The highest BCUT2D eigenvalue weighted by molar-refractivity contribution is 7.71. The molecular formula is C21H20ClN3O4S. The van der Waals surface area contributed by atoms with Gasteiger partial charge in [0.15, 0.2) is 16.3 Å². The summed E-state index contributed by atoms with van der Waals surface area (Å²) >= 11 is 11.6. The molecule has 4 rings (SSSR count). The molecule has 0 unspecified atom stereocenters. The first-order valence-corrected chi connectivity index (χ1v) is 10.4. The Bertz CT molecular complexity index is 1220. The maximum atomic E-state index is 12.6. The summed E-state index contributed by atoms with van der Waals surface area (Å²) in [5, 5.41) is 3.83. The van der Waals surface area contributed by atoms with Gasteiger partial charge in [0.25, 0.3) is 5.56 Å². The molecule has 0 fully saturated rings. The molecular weight excluding hydrogens is 426 g/mol. The summed E-state index contributed by atoms with van der Waals surface area (Å²) in [5.41, 5.74) is 1.27. The molecule has 2 heterocycles. The molecule has 7 nitrogen and oxygen atoms in total. The van der Waals surface area contributed by atoms with E-state index in [9.17, 15) is 9.59 Å². The van der Waals surface area contributed by atoms with Crippen LogP contribution in [0.4, 0.5) is 0 Å². The van der Waals surface area contributed by atoms with Crippen molar-refractivity contribution in [3.05, 3.63) is 62.1 Å². The number of aromatic amines is 1. The van der Waals surface area contributed by atoms with E-state index in [2.05, 4.69) is 10.3 Å². The average molecular weight is 446 g/mol. The van der Waals surface area contributed by atoms with Crippen molar-refractivity contribution in [1.82, 2.24) is 14.9 Å². The molecule has 1 aromatic heterocycles. The van der Waals surface area contributed by atoms with E-state index in [1.165, 1.54) is 4.57 Å². The maximum Gasteiger partial charge on any atom is 0.262 e. The number of H-pyrrole nitrogens is 1. The summed E-state index contributed by atoms with van der Waals surface area (Å²) in [6.45, 7) is 1.58. The molecule has 30 heavy (non-hydrogen) atoms. The smallest absolute Gasteiger partial charge is 0.262 e. The highest BCUT2D eigenvalue weighted by Gasteiger charge is 2.16. The Hall–Kier alpha value is -2.84. The normalized spacial score (nSPS) is 13.1. The lowest BCUT2D eigenvalue weighted by Crippen LogP contribution is -2.28. The third-order valence-corrected chi connectivity index (χ3v) is 5.41. The van der Waals surface area contributed by atoms with E-state index < -0.39 is 0 Å². The highest BCUT2D eigenvalue weighted by Crippen LogP contribution is 2.37. The van der Waals surface area contributed by atoms with Crippen LogP contribution < -0.4 is 20.3 Å². The highest BCUT2D eigenvalue weighted by atomic mass is 35.5. The number of carbonyl (C=O) groups excluding carboxylic acids is 1. The molecule has 0 bridgehead atoms. The standard InChI is InChI=1S/C21H20ClN3O4S/c22-15-10-13(11-17-19(15)29-9-3-8-28-17)12-23-18(26)6-7-25-20(27)14-4-1-2-5-16(14)24-21(25)30/h1-2,4-5,10-11H,3,6-9,12H2,(H,23,26)(H,24,30). The van der Waals surface area contributed by atoms with Crippen LogP contribution >= 0.6 is 23.8 Å². The molecule has 0 radical (unpaired) electrons. The van der Waals surface area contributed by atoms with Crippen LogP contribution in [0.3, 0.4) is 0 Å². The molecule has 1 aliphatic rings. The minimum Gasteiger partial charge on any atom is -0.489 e. The van der Waals surface area contributed by atoms with Crippen molar-refractivity contribution in [3.63, 3.8) is 0 Å². The molecule has 3 aromatic rings. The Labute approximate surface area is 182 Å². The monoisotopic (exact) mass is 445 g/mol. The number of benzene rings is 2. The van der Waals surface area contributed by atoms with Crippen molar-refractivity contribution in [2.24, 2.45) is 0 Å². The lowest BCUT2D eigenvalue weighted by atomic mass is 10.2. The lowest BCUT2D eigenvalue weighted by molar-refractivity contribution is -0.121. The van der Waals surface area contributed by atoms with Crippen LogP contribution in [0.2, 0.25) is 5.02 Å². The predicted octanol–water partition coefficient (Wildman–Crippen LogP) is 3.58.